The van der Waals surface area contributed by atoms with Crippen molar-refractivity contribution in [2.45, 2.75) is 13.8 Å². The van der Waals surface area contributed by atoms with Crippen LogP contribution in [0.3, 0.4) is 0 Å². The van der Waals surface area contributed by atoms with Crippen LogP contribution in [-0.4, -0.2) is 26.7 Å². The molecule has 0 aromatic heterocycles. The van der Waals surface area contributed by atoms with E-state index in [0.717, 1.165) is 19.6 Å². The van der Waals surface area contributed by atoms with E-state index < -0.39 is 0 Å². The summed E-state index contributed by atoms with van der Waals surface area (Å²) < 4.78 is 12.2. The summed E-state index contributed by atoms with van der Waals surface area (Å²) in [6.45, 7) is 10.3. The number of allylic oxidation sites excluding steroid dienone is 5. The van der Waals surface area contributed by atoms with Gasteiger partial charge < -0.3 is 10.6 Å². The van der Waals surface area contributed by atoms with Crippen molar-refractivity contribution in [3.05, 3.63) is 35.7 Å². The van der Waals surface area contributed by atoms with Gasteiger partial charge in [-0.1, -0.05) is 37.3 Å². The van der Waals surface area contributed by atoms with Crippen LogP contribution in [0.5, 0.6) is 0 Å². The molecule has 0 aliphatic rings. The van der Waals surface area contributed by atoms with E-state index in [2.05, 4.69) is 24.1 Å². The third-order valence-corrected chi connectivity index (χ3v) is 1.81. The Bertz CT molecular complexity index is 221. The molecule has 0 radical (unpaired) electrons. The van der Waals surface area contributed by atoms with Gasteiger partial charge in [-0.25, -0.2) is 4.39 Å². The lowest BCUT2D eigenvalue weighted by atomic mass is 10.4. The number of hydrogen-bond donors (Lipinski definition) is 2. The van der Waals surface area contributed by atoms with Crippen LogP contribution < -0.4 is 10.6 Å². The second-order valence-corrected chi connectivity index (χ2v) is 3.30. The van der Waals surface area contributed by atoms with E-state index in [1.165, 1.54) is 18.2 Å². The molecule has 0 heterocycles. The molecule has 0 bridgehead atoms. The monoisotopic (exact) mass is 248 g/mol. The van der Waals surface area contributed by atoms with Crippen LogP contribution in [0.4, 0.5) is 4.39 Å². The van der Waals surface area contributed by atoms with Crippen molar-refractivity contribution >= 4 is 11.6 Å². The van der Waals surface area contributed by atoms with Crippen molar-refractivity contribution in [1.82, 2.24) is 10.6 Å². The molecule has 2 nitrogen and oxygen atoms in total. The van der Waals surface area contributed by atoms with E-state index in [1.807, 2.05) is 7.05 Å². The molecule has 0 aliphatic carbocycles. The topological polar surface area (TPSA) is 24.1 Å². The fourth-order valence-electron chi connectivity index (χ4n) is 0.664. The lowest BCUT2D eigenvalue weighted by Gasteiger charge is -1.96. The van der Waals surface area contributed by atoms with Gasteiger partial charge in [-0.15, -0.1) is 0 Å². The molecule has 0 unspecified atom stereocenters. The van der Waals surface area contributed by atoms with Crippen LogP contribution in [0.2, 0.25) is 0 Å². The van der Waals surface area contributed by atoms with Crippen molar-refractivity contribution in [3.63, 3.8) is 0 Å². The fourth-order valence-corrected chi connectivity index (χ4v) is 0.768. The largest absolute Gasteiger partial charge is 0.318 e. The van der Waals surface area contributed by atoms with Crippen LogP contribution >= 0.6 is 11.6 Å². The van der Waals surface area contributed by atoms with Gasteiger partial charge in [-0.3, -0.25) is 0 Å². The molecule has 0 saturated heterocycles. The second-order valence-electron chi connectivity index (χ2n) is 2.86. The van der Waals surface area contributed by atoms with Gasteiger partial charge in [0.15, 0.2) is 0 Å². The zero-order chi connectivity index (χ0) is 12.8. The smallest absolute Gasteiger partial charge is 0.120 e. The van der Waals surface area contributed by atoms with Crippen LogP contribution in [0, 0.1) is 0 Å². The van der Waals surface area contributed by atoms with E-state index in [4.69, 9.17) is 11.6 Å². The molecule has 0 rings (SSSR count). The maximum absolute atomic E-state index is 12.2. The highest BCUT2D eigenvalue weighted by Gasteiger charge is 1.86. The minimum atomic E-state index is -0.347. The van der Waals surface area contributed by atoms with E-state index in [9.17, 15) is 4.39 Å². The highest BCUT2D eigenvalue weighted by Crippen LogP contribution is 2.07. The Morgan fingerprint density at radius 2 is 2.06 bits per heavy atom. The first kappa shape index (κ1) is 17.7. The molecule has 16 heavy (non-hydrogen) atoms. The Hall–Kier alpha value is -0.640. The lowest BCUT2D eigenvalue weighted by molar-refractivity contribution is 0.664. The predicted octanol–water partition coefficient (Wildman–Crippen LogP) is 2.98. The molecule has 2 N–H and O–H groups in total. The van der Waals surface area contributed by atoms with Gasteiger partial charge in [0.2, 0.25) is 0 Å². The first-order valence-electron chi connectivity index (χ1n) is 5.29. The van der Waals surface area contributed by atoms with Gasteiger partial charge in [-0.2, -0.15) is 0 Å². The molecule has 4 heteroatoms. The molecule has 0 fully saturated rings. The average molecular weight is 249 g/mol. The van der Waals surface area contributed by atoms with E-state index in [1.54, 1.807) is 6.92 Å². The highest BCUT2D eigenvalue weighted by atomic mass is 35.5. The normalized spacial score (nSPS) is 11.8. The summed E-state index contributed by atoms with van der Waals surface area (Å²) in [5.41, 5.74) is 0. The summed E-state index contributed by atoms with van der Waals surface area (Å²) in [6.07, 6.45) is 3.91. The SMILES string of the molecule is C=C/C(Cl)=C\C(F)=C/C.CCNCCNC. The summed E-state index contributed by atoms with van der Waals surface area (Å²) >= 11 is 5.40. The standard InChI is InChI=1S/C7H8ClF.C5H14N2/c1-3-6(8)5-7(9)4-2;1-3-7-5-4-6-2/h3-5H,1H2,2H3;6-7H,3-5H2,1-2H3/b6-5+,7-4+;. The van der Waals surface area contributed by atoms with E-state index in [0.29, 0.717) is 5.03 Å². The van der Waals surface area contributed by atoms with Crippen LogP contribution in [0.15, 0.2) is 35.7 Å². The van der Waals surface area contributed by atoms with Crippen LogP contribution in [0.25, 0.3) is 0 Å². The van der Waals surface area contributed by atoms with Crippen molar-refractivity contribution in [1.29, 1.82) is 0 Å². The molecule has 0 aromatic rings. The summed E-state index contributed by atoms with van der Waals surface area (Å²) in [5, 5.41) is 6.54. The van der Waals surface area contributed by atoms with Gasteiger partial charge in [0.05, 0.1) is 0 Å². The van der Waals surface area contributed by atoms with Crippen molar-refractivity contribution in [2.24, 2.45) is 0 Å². The minimum Gasteiger partial charge on any atom is -0.318 e. The number of nitrogens with one attached hydrogen (secondary N) is 2. The Morgan fingerprint density at radius 3 is 2.44 bits per heavy atom. The average Bonchev–Trinajstić information content (AvgIpc) is 2.30. The molecular formula is C12H22ClFN2. The molecular weight excluding hydrogens is 227 g/mol. The molecule has 0 aromatic carbocycles. The zero-order valence-electron chi connectivity index (χ0n) is 10.3. The van der Waals surface area contributed by atoms with Gasteiger partial charge >= 0.3 is 0 Å². The van der Waals surface area contributed by atoms with Crippen LogP contribution in [0.1, 0.15) is 13.8 Å². The third-order valence-electron chi connectivity index (χ3n) is 1.55. The molecule has 0 saturated carbocycles. The maximum atomic E-state index is 12.2. The molecule has 0 spiro atoms. The number of halogens is 2. The molecule has 0 aliphatic heterocycles. The van der Waals surface area contributed by atoms with Gasteiger partial charge in [-0.05, 0) is 26.6 Å². The fraction of sp³-hybridized carbons (Fsp3) is 0.500. The van der Waals surface area contributed by atoms with Crippen LogP contribution in [-0.2, 0) is 0 Å². The Labute approximate surface area is 103 Å². The minimum absolute atomic E-state index is 0.311. The maximum Gasteiger partial charge on any atom is 0.120 e. The highest BCUT2D eigenvalue weighted by molar-refractivity contribution is 6.31. The number of rotatable bonds is 6. The summed E-state index contributed by atoms with van der Waals surface area (Å²) in [7, 11) is 1.96. The number of likely N-dealkylation sites (N-methyl/N-ethyl adjacent to an activating group) is 2. The van der Waals surface area contributed by atoms with Gasteiger partial charge in [0, 0.05) is 18.1 Å². The van der Waals surface area contributed by atoms with E-state index in [-0.39, 0.29) is 5.83 Å². The van der Waals surface area contributed by atoms with Crippen molar-refractivity contribution in [3.8, 4) is 0 Å². The zero-order valence-corrected chi connectivity index (χ0v) is 11.1. The summed E-state index contributed by atoms with van der Waals surface area (Å²) in [6, 6.07) is 0. The number of hydrogen-bond acceptors (Lipinski definition) is 2. The molecule has 94 valence electrons. The summed E-state index contributed by atoms with van der Waals surface area (Å²) in [5.74, 6) is -0.347. The predicted molar refractivity (Wildman–Crippen MR) is 71.5 cm³/mol. The molecule has 0 amide bonds. The quantitative estimate of drug-likeness (QED) is 0.558. The van der Waals surface area contributed by atoms with Gasteiger partial charge in [0.1, 0.15) is 5.83 Å². The first-order chi connectivity index (χ1) is 7.62. The Kier molecular flexibility index (Phi) is 15.9. The van der Waals surface area contributed by atoms with Crippen molar-refractivity contribution < 1.29 is 4.39 Å². The van der Waals surface area contributed by atoms with Gasteiger partial charge in [0.25, 0.3) is 0 Å². The second kappa shape index (κ2) is 14.4. The lowest BCUT2D eigenvalue weighted by Crippen LogP contribution is -2.24. The first-order valence-corrected chi connectivity index (χ1v) is 5.66. The van der Waals surface area contributed by atoms with E-state index >= 15 is 0 Å². The Morgan fingerprint density at radius 1 is 1.44 bits per heavy atom. The summed E-state index contributed by atoms with van der Waals surface area (Å²) in [4.78, 5) is 0. The molecule has 0 atom stereocenters. The van der Waals surface area contributed by atoms with Crippen molar-refractivity contribution in [2.75, 3.05) is 26.7 Å². The Balaban J connectivity index is 0. The third kappa shape index (κ3) is 15.8.